The van der Waals surface area contributed by atoms with Crippen LogP contribution in [0.25, 0.3) is 0 Å². The first kappa shape index (κ1) is 13.9. The number of rotatable bonds is 4. The van der Waals surface area contributed by atoms with Crippen molar-refractivity contribution in [1.29, 1.82) is 0 Å². The van der Waals surface area contributed by atoms with Gasteiger partial charge in [0.25, 0.3) is 0 Å². The Hall–Kier alpha value is -2.10. The normalized spacial score (nSPS) is 13.3. The number of hydrogen-bond donors (Lipinski definition) is 1. The lowest BCUT2D eigenvalue weighted by Gasteiger charge is -2.19. The fraction of sp³-hybridized carbons (Fsp3) is 0.412. The van der Waals surface area contributed by atoms with E-state index >= 15 is 0 Å². The molecule has 2 heterocycles. The van der Waals surface area contributed by atoms with E-state index in [9.17, 15) is 0 Å². The van der Waals surface area contributed by atoms with Gasteiger partial charge >= 0.3 is 0 Å². The summed E-state index contributed by atoms with van der Waals surface area (Å²) in [6.07, 6.45) is 0. The molecule has 0 bridgehead atoms. The van der Waals surface area contributed by atoms with Gasteiger partial charge in [-0.15, -0.1) is 0 Å². The highest BCUT2D eigenvalue weighted by Gasteiger charge is 2.12. The monoisotopic (exact) mass is 286 g/mol. The second-order valence-electron chi connectivity index (χ2n) is 5.35. The lowest BCUT2D eigenvalue weighted by atomic mass is 10.2. The molecular weight excluding hydrogens is 264 g/mol. The van der Waals surface area contributed by atoms with Crippen LogP contribution in [-0.4, -0.2) is 17.8 Å². The minimum Gasteiger partial charge on any atom is -0.486 e. The molecule has 0 atom stereocenters. The number of ether oxygens (including phenoxy) is 2. The van der Waals surface area contributed by atoms with Crippen LogP contribution < -0.4 is 14.8 Å². The van der Waals surface area contributed by atoms with Gasteiger partial charge in [-0.1, -0.05) is 0 Å². The first-order valence-electron chi connectivity index (χ1n) is 7.48. The zero-order valence-corrected chi connectivity index (χ0v) is 12.9. The number of hydrogen-bond acceptors (Lipinski definition) is 3. The molecule has 4 heteroatoms. The third kappa shape index (κ3) is 2.71. The average molecular weight is 286 g/mol. The number of aryl methyl sites for hydroxylation is 1. The molecule has 1 aliphatic rings. The Balaban J connectivity index is 1.73. The van der Waals surface area contributed by atoms with Crippen molar-refractivity contribution in [3.05, 3.63) is 41.2 Å². The maximum Gasteiger partial charge on any atom is 0.163 e. The van der Waals surface area contributed by atoms with Crippen LogP contribution >= 0.6 is 0 Å². The molecule has 1 aliphatic heterocycles. The van der Waals surface area contributed by atoms with Crippen LogP contribution in [0.3, 0.4) is 0 Å². The smallest absolute Gasteiger partial charge is 0.163 e. The fourth-order valence-corrected chi connectivity index (χ4v) is 2.89. The third-order valence-electron chi connectivity index (χ3n) is 4.02. The summed E-state index contributed by atoms with van der Waals surface area (Å²) in [7, 11) is 0. The molecule has 0 unspecified atom stereocenters. The molecule has 0 saturated heterocycles. The minimum absolute atomic E-state index is 0.619. The highest BCUT2D eigenvalue weighted by atomic mass is 16.6. The zero-order valence-electron chi connectivity index (χ0n) is 12.9. The molecule has 0 fully saturated rings. The third-order valence-corrected chi connectivity index (χ3v) is 4.02. The molecule has 0 aliphatic carbocycles. The van der Waals surface area contributed by atoms with Crippen molar-refractivity contribution in [3.8, 4) is 11.5 Å². The van der Waals surface area contributed by atoms with E-state index in [1.807, 2.05) is 18.2 Å². The number of anilines is 1. The van der Waals surface area contributed by atoms with E-state index in [4.69, 9.17) is 9.47 Å². The van der Waals surface area contributed by atoms with Crippen molar-refractivity contribution < 1.29 is 9.47 Å². The molecule has 4 nitrogen and oxygen atoms in total. The Kier molecular flexibility index (Phi) is 3.78. The van der Waals surface area contributed by atoms with Crippen LogP contribution in [0.4, 0.5) is 5.69 Å². The summed E-state index contributed by atoms with van der Waals surface area (Å²) in [5.74, 6) is 1.65. The Morgan fingerprint density at radius 1 is 1.10 bits per heavy atom. The second kappa shape index (κ2) is 5.72. The Morgan fingerprint density at radius 3 is 2.57 bits per heavy atom. The van der Waals surface area contributed by atoms with Gasteiger partial charge in [0.1, 0.15) is 13.2 Å². The predicted octanol–water partition coefficient (Wildman–Crippen LogP) is 3.51. The molecule has 3 rings (SSSR count). The van der Waals surface area contributed by atoms with Gasteiger partial charge in [-0.25, -0.2) is 0 Å². The SMILES string of the molecule is CCn1c(C)cc(CNc2ccc3c(c2)OCCO3)c1C. The minimum atomic E-state index is 0.619. The van der Waals surface area contributed by atoms with E-state index in [-0.39, 0.29) is 0 Å². The lowest BCUT2D eigenvalue weighted by molar-refractivity contribution is 0.171. The molecule has 0 saturated carbocycles. The van der Waals surface area contributed by atoms with E-state index in [2.05, 4.69) is 36.7 Å². The standard InChI is InChI=1S/C17H22N2O2/c1-4-19-12(2)9-14(13(19)3)11-18-15-5-6-16-17(10-15)21-8-7-20-16/h5-6,9-10,18H,4,7-8,11H2,1-3H3. The average Bonchev–Trinajstić information content (AvgIpc) is 2.78. The molecule has 21 heavy (non-hydrogen) atoms. The van der Waals surface area contributed by atoms with Crippen LogP contribution in [0.15, 0.2) is 24.3 Å². The van der Waals surface area contributed by atoms with E-state index in [1.54, 1.807) is 0 Å². The van der Waals surface area contributed by atoms with Gasteiger partial charge in [-0.05, 0) is 44.5 Å². The van der Waals surface area contributed by atoms with Crippen LogP contribution in [0.2, 0.25) is 0 Å². The molecule has 1 aromatic carbocycles. The Labute approximate surface area is 125 Å². The van der Waals surface area contributed by atoms with Crippen LogP contribution in [-0.2, 0) is 13.1 Å². The summed E-state index contributed by atoms with van der Waals surface area (Å²) in [5.41, 5.74) is 5.04. The van der Waals surface area contributed by atoms with Crippen LogP contribution in [0.1, 0.15) is 23.9 Å². The van der Waals surface area contributed by atoms with Gasteiger partial charge in [-0.3, -0.25) is 0 Å². The number of nitrogens with zero attached hydrogens (tertiary/aromatic N) is 1. The first-order valence-corrected chi connectivity index (χ1v) is 7.48. The van der Waals surface area contributed by atoms with Crippen molar-refractivity contribution in [1.82, 2.24) is 4.57 Å². The fourth-order valence-electron chi connectivity index (χ4n) is 2.89. The molecule has 1 N–H and O–H groups in total. The van der Waals surface area contributed by atoms with Gasteiger partial charge in [0.2, 0.25) is 0 Å². The largest absolute Gasteiger partial charge is 0.486 e. The van der Waals surface area contributed by atoms with Crippen LogP contribution in [0, 0.1) is 13.8 Å². The van der Waals surface area contributed by atoms with Crippen molar-refractivity contribution >= 4 is 5.69 Å². The van der Waals surface area contributed by atoms with Gasteiger partial charge < -0.3 is 19.4 Å². The maximum atomic E-state index is 5.61. The summed E-state index contributed by atoms with van der Waals surface area (Å²) >= 11 is 0. The number of fused-ring (bicyclic) bond motifs is 1. The van der Waals surface area contributed by atoms with E-state index in [0.29, 0.717) is 13.2 Å². The number of benzene rings is 1. The quantitative estimate of drug-likeness (QED) is 0.934. The number of aromatic nitrogens is 1. The van der Waals surface area contributed by atoms with Crippen molar-refractivity contribution in [2.45, 2.75) is 33.9 Å². The molecule has 112 valence electrons. The molecular formula is C17H22N2O2. The second-order valence-corrected chi connectivity index (χ2v) is 5.35. The molecule has 1 aromatic heterocycles. The molecule has 2 aromatic rings. The highest BCUT2D eigenvalue weighted by Crippen LogP contribution is 2.32. The van der Waals surface area contributed by atoms with E-state index < -0.39 is 0 Å². The van der Waals surface area contributed by atoms with Gasteiger partial charge in [0, 0.05) is 36.2 Å². The van der Waals surface area contributed by atoms with Gasteiger partial charge in [-0.2, -0.15) is 0 Å². The van der Waals surface area contributed by atoms with Crippen molar-refractivity contribution in [2.24, 2.45) is 0 Å². The topological polar surface area (TPSA) is 35.4 Å². The summed E-state index contributed by atoms with van der Waals surface area (Å²) in [4.78, 5) is 0. The summed E-state index contributed by atoms with van der Waals surface area (Å²) in [6.45, 7) is 9.59. The van der Waals surface area contributed by atoms with Crippen molar-refractivity contribution in [2.75, 3.05) is 18.5 Å². The highest BCUT2D eigenvalue weighted by molar-refractivity contribution is 5.55. The maximum absolute atomic E-state index is 5.61. The summed E-state index contributed by atoms with van der Waals surface area (Å²) in [5, 5.41) is 3.47. The summed E-state index contributed by atoms with van der Waals surface area (Å²) in [6, 6.07) is 8.26. The Bertz CT molecular complexity index is 646. The van der Waals surface area contributed by atoms with Gasteiger partial charge in [0.05, 0.1) is 0 Å². The molecule has 0 spiro atoms. The molecule has 0 amide bonds. The lowest BCUT2D eigenvalue weighted by Crippen LogP contribution is -2.15. The summed E-state index contributed by atoms with van der Waals surface area (Å²) < 4.78 is 13.5. The van der Waals surface area contributed by atoms with Crippen molar-refractivity contribution in [3.63, 3.8) is 0 Å². The molecule has 0 radical (unpaired) electrons. The van der Waals surface area contributed by atoms with E-state index in [1.165, 1.54) is 17.0 Å². The first-order chi connectivity index (χ1) is 10.2. The van der Waals surface area contributed by atoms with Gasteiger partial charge in [0.15, 0.2) is 11.5 Å². The van der Waals surface area contributed by atoms with Crippen LogP contribution in [0.5, 0.6) is 11.5 Å². The Morgan fingerprint density at radius 2 is 1.86 bits per heavy atom. The zero-order chi connectivity index (χ0) is 14.8. The number of nitrogens with one attached hydrogen (secondary N) is 1. The predicted molar refractivity (Wildman–Crippen MR) is 84.3 cm³/mol. The van der Waals surface area contributed by atoms with E-state index in [0.717, 1.165) is 30.3 Å².